The number of benzene rings is 1. The second-order valence-corrected chi connectivity index (χ2v) is 3.93. The Bertz CT molecular complexity index is 359. The van der Waals surface area contributed by atoms with E-state index in [1.54, 1.807) is 7.11 Å². The molecule has 0 heterocycles. The maximum Gasteiger partial charge on any atom is 0.145 e. The third-order valence-corrected chi connectivity index (χ3v) is 2.82. The second-order valence-electron chi connectivity index (χ2n) is 3.93. The molecule has 2 rings (SSSR count). The van der Waals surface area contributed by atoms with Crippen LogP contribution < -0.4 is 4.74 Å². The molecule has 0 aromatic heterocycles. The minimum absolute atomic E-state index is 0.434. The van der Waals surface area contributed by atoms with E-state index in [0.29, 0.717) is 12.5 Å². The molecule has 0 atom stereocenters. The van der Waals surface area contributed by atoms with Gasteiger partial charge < -0.3 is 9.57 Å². The van der Waals surface area contributed by atoms with Crippen LogP contribution >= 0.6 is 0 Å². The molecule has 0 saturated heterocycles. The molecular formula is C13H16NO2. The summed E-state index contributed by atoms with van der Waals surface area (Å²) in [6.07, 6.45) is 6.67. The lowest BCUT2D eigenvalue weighted by Gasteiger charge is -2.18. The van der Waals surface area contributed by atoms with Crippen molar-refractivity contribution in [3.8, 4) is 5.75 Å². The van der Waals surface area contributed by atoms with Crippen LogP contribution in [0.1, 0.15) is 24.8 Å². The van der Waals surface area contributed by atoms with E-state index in [4.69, 9.17) is 9.57 Å². The molecule has 1 aliphatic rings. The van der Waals surface area contributed by atoms with Crippen molar-refractivity contribution in [2.24, 2.45) is 11.1 Å². The van der Waals surface area contributed by atoms with Crippen molar-refractivity contribution >= 4 is 6.21 Å². The maximum atomic E-state index is 5.21. The Labute approximate surface area is 96.1 Å². The van der Waals surface area contributed by atoms with Crippen LogP contribution in [-0.2, 0) is 11.4 Å². The molecular weight excluding hydrogens is 202 g/mol. The molecule has 0 N–H and O–H groups in total. The van der Waals surface area contributed by atoms with E-state index in [1.165, 1.54) is 19.3 Å². The number of methoxy groups -OCH3 is 1. The SMILES string of the molecule is COc1ccccc1CO/N=[C]\C1CCC1. The van der Waals surface area contributed by atoms with E-state index in [-0.39, 0.29) is 0 Å². The molecule has 16 heavy (non-hydrogen) atoms. The predicted molar refractivity (Wildman–Crippen MR) is 62.6 cm³/mol. The molecule has 1 aromatic rings. The molecule has 1 fully saturated rings. The third-order valence-electron chi connectivity index (χ3n) is 2.82. The van der Waals surface area contributed by atoms with Gasteiger partial charge in [0.25, 0.3) is 0 Å². The van der Waals surface area contributed by atoms with Gasteiger partial charge in [-0.05, 0) is 18.9 Å². The first-order valence-corrected chi connectivity index (χ1v) is 5.59. The molecule has 1 radical (unpaired) electrons. The molecule has 0 amide bonds. The van der Waals surface area contributed by atoms with Crippen LogP contribution in [-0.4, -0.2) is 13.3 Å². The lowest BCUT2D eigenvalue weighted by Crippen LogP contribution is -2.11. The van der Waals surface area contributed by atoms with Crippen molar-refractivity contribution in [3.63, 3.8) is 0 Å². The highest BCUT2D eigenvalue weighted by atomic mass is 16.6. The van der Waals surface area contributed by atoms with Crippen LogP contribution in [0.2, 0.25) is 0 Å². The quantitative estimate of drug-likeness (QED) is 0.562. The summed E-state index contributed by atoms with van der Waals surface area (Å²) in [6.45, 7) is 0.434. The first kappa shape index (κ1) is 11.0. The van der Waals surface area contributed by atoms with Gasteiger partial charge in [-0.25, -0.2) is 0 Å². The van der Waals surface area contributed by atoms with Gasteiger partial charge in [0.05, 0.1) is 7.11 Å². The number of ether oxygens (including phenoxy) is 1. The fourth-order valence-corrected chi connectivity index (χ4v) is 1.57. The molecule has 85 valence electrons. The molecule has 0 bridgehead atoms. The largest absolute Gasteiger partial charge is 0.496 e. The number of hydrogen-bond donors (Lipinski definition) is 0. The van der Waals surface area contributed by atoms with Crippen LogP contribution in [0, 0.1) is 5.92 Å². The van der Waals surface area contributed by atoms with E-state index in [2.05, 4.69) is 11.4 Å². The summed E-state index contributed by atoms with van der Waals surface area (Å²) in [5, 5.41) is 3.86. The third kappa shape index (κ3) is 2.75. The fraction of sp³-hybridized carbons (Fsp3) is 0.462. The standard InChI is InChI=1S/C13H16NO2/c1-15-13-8-3-2-7-12(13)10-16-14-9-11-5-4-6-11/h2-3,7-8,11H,4-6,10H2,1H3. The van der Waals surface area contributed by atoms with Gasteiger partial charge in [-0.1, -0.05) is 29.8 Å². The van der Waals surface area contributed by atoms with Gasteiger partial charge in [0.2, 0.25) is 0 Å². The van der Waals surface area contributed by atoms with Gasteiger partial charge in [-0.3, -0.25) is 0 Å². The lowest BCUT2D eigenvalue weighted by molar-refractivity contribution is 0.127. The minimum Gasteiger partial charge on any atom is -0.496 e. The lowest BCUT2D eigenvalue weighted by atomic mass is 9.87. The highest BCUT2D eigenvalue weighted by Crippen LogP contribution is 2.24. The number of hydrogen-bond acceptors (Lipinski definition) is 3. The Morgan fingerprint density at radius 3 is 2.88 bits per heavy atom. The Morgan fingerprint density at radius 1 is 1.38 bits per heavy atom. The van der Waals surface area contributed by atoms with Crippen molar-refractivity contribution in [2.45, 2.75) is 25.9 Å². The van der Waals surface area contributed by atoms with Gasteiger partial charge in [0, 0.05) is 11.5 Å². The van der Waals surface area contributed by atoms with E-state index < -0.39 is 0 Å². The van der Waals surface area contributed by atoms with Gasteiger partial charge in [-0.15, -0.1) is 0 Å². The average molecular weight is 218 g/mol. The second kappa shape index (κ2) is 5.54. The summed E-state index contributed by atoms with van der Waals surface area (Å²) in [6, 6.07) is 7.78. The monoisotopic (exact) mass is 218 g/mol. The summed E-state index contributed by atoms with van der Waals surface area (Å²) in [5.74, 6) is 1.35. The van der Waals surface area contributed by atoms with Crippen molar-refractivity contribution in [3.05, 3.63) is 29.8 Å². The fourth-order valence-electron chi connectivity index (χ4n) is 1.57. The van der Waals surface area contributed by atoms with E-state index in [1.807, 2.05) is 24.3 Å². The van der Waals surface area contributed by atoms with Gasteiger partial charge in [0.1, 0.15) is 18.6 Å². The number of nitrogens with zero attached hydrogens (tertiary/aromatic N) is 1. The zero-order chi connectivity index (χ0) is 11.2. The zero-order valence-electron chi connectivity index (χ0n) is 9.48. The molecule has 1 saturated carbocycles. The Balaban J connectivity index is 1.81. The molecule has 1 aromatic carbocycles. The van der Waals surface area contributed by atoms with Crippen molar-refractivity contribution in [1.29, 1.82) is 0 Å². The summed E-state index contributed by atoms with van der Waals surface area (Å²) >= 11 is 0. The Hall–Kier alpha value is -1.51. The van der Waals surface area contributed by atoms with Gasteiger partial charge in [-0.2, -0.15) is 0 Å². The van der Waals surface area contributed by atoms with Gasteiger partial charge >= 0.3 is 0 Å². The summed E-state index contributed by atoms with van der Waals surface area (Å²) < 4.78 is 5.21. The van der Waals surface area contributed by atoms with E-state index >= 15 is 0 Å². The molecule has 0 unspecified atom stereocenters. The van der Waals surface area contributed by atoms with Crippen LogP contribution in [0.5, 0.6) is 5.75 Å². The summed E-state index contributed by atoms with van der Waals surface area (Å²) in [5.41, 5.74) is 1.00. The normalized spacial score (nSPS) is 16.1. The number of para-hydroxylation sites is 1. The maximum absolute atomic E-state index is 5.21. The summed E-state index contributed by atoms with van der Waals surface area (Å²) in [4.78, 5) is 5.20. The molecule has 0 aliphatic heterocycles. The minimum atomic E-state index is 0.434. The smallest absolute Gasteiger partial charge is 0.145 e. The predicted octanol–water partition coefficient (Wildman–Crippen LogP) is 2.87. The number of rotatable bonds is 5. The van der Waals surface area contributed by atoms with Crippen LogP contribution in [0.25, 0.3) is 0 Å². The van der Waals surface area contributed by atoms with Crippen LogP contribution in [0.3, 0.4) is 0 Å². The average Bonchev–Trinajstić information content (AvgIpc) is 2.27. The Morgan fingerprint density at radius 2 is 2.19 bits per heavy atom. The first-order valence-electron chi connectivity index (χ1n) is 5.59. The Kier molecular flexibility index (Phi) is 3.81. The molecule has 3 heteroatoms. The first-order chi connectivity index (χ1) is 7.90. The van der Waals surface area contributed by atoms with Crippen molar-refractivity contribution < 1.29 is 9.57 Å². The molecule has 1 aliphatic carbocycles. The summed E-state index contributed by atoms with van der Waals surface area (Å²) in [7, 11) is 1.66. The van der Waals surface area contributed by atoms with Crippen molar-refractivity contribution in [1.82, 2.24) is 0 Å². The highest BCUT2D eigenvalue weighted by molar-refractivity contribution is 5.60. The van der Waals surface area contributed by atoms with Crippen molar-refractivity contribution in [2.75, 3.05) is 7.11 Å². The van der Waals surface area contributed by atoms with Crippen LogP contribution in [0.4, 0.5) is 0 Å². The van der Waals surface area contributed by atoms with E-state index in [0.717, 1.165) is 11.3 Å². The topological polar surface area (TPSA) is 30.8 Å². The van der Waals surface area contributed by atoms with Gasteiger partial charge in [0.15, 0.2) is 0 Å². The van der Waals surface area contributed by atoms with E-state index in [9.17, 15) is 0 Å². The molecule has 3 nitrogen and oxygen atoms in total. The van der Waals surface area contributed by atoms with Crippen LogP contribution in [0.15, 0.2) is 29.4 Å². The zero-order valence-corrected chi connectivity index (χ0v) is 9.48. The highest BCUT2D eigenvalue weighted by Gasteiger charge is 2.15. The molecule has 0 spiro atoms.